The SMILES string of the molecule is Cl.Cl.NC[C@H]1CCC[C@H]1C(=O)N1CCN(c2ncccn2)CC1. The number of amides is 1. The maximum absolute atomic E-state index is 12.6. The molecule has 0 bridgehead atoms. The van der Waals surface area contributed by atoms with Gasteiger partial charge in [0.1, 0.15) is 0 Å². The Balaban J connectivity index is 0.00000132. The Morgan fingerprint density at radius 1 is 1.13 bits per heavy atom. The summed E-state index contributed by atoms with van der Waals surface area (Å²) in [5.74, 6) is 1.59. The predicted molar refractivity (Wildman–Crippen MR) is 95.2 cm³/mol. The number of carbonyl (C=O) groups excluding carboxylic acids is 1. The minimum absolute atomic E-state index is 0. The van der Waals surface area contributed by atoms with E-state index in [1.165, 1.54) is 0 Å². The zero-order valence-electron chi connectivity index (χ0n) is 13.1. The fourth-order valence-corrected chi connectivity index (χ4v) is 3.46. The second-order valence-electron chi connectivity index (χ2n) is 5.89. The molecule has 1 aromatic heterocycles. The van der Waals surface area contributed by atoms with E-state index in [1.54, 1.807) is 12.4 Å². The number of aromatic nitrogens is 2. The number of halogens is 2. The van der Waals surface area contributed by atoms with Gasteiger partial charge in [-0.25, -0.2) is 9.97 Å². The molecule has 0 radical (unpaired) electrons. The lowest BCUT2D eigenvalue weighted by molar-refractivity contribution is -0.136. The van der Waals surface area contributed by atoms with Crippen LogP contribution in [-0.4, -0.2) is 53.5 Å². The molecule has 130 valence electrons. The van der Waals surface area contributed by atoms with Gasteiger partial charge >= 0.3 is 0 Å². The van der Waals surface area contributed by atoms with Gasteiger partial charge in [-0.05, 0) is 31.4 Å². The second-order valence-corrected chi connectivity index (χ2v) is 5.89. The van der Waals surface area contributed by atoms with E-state index >= 15 is 0 Å². The van der Waals surface area contributed by atoms with Crippen LogP contribution in [-0.2, 0) is 4.79 Å². The van der Waals surface area contributed by atoms with E-state index in [-0.39, 0.29) is 30.7 Å². The zero-order chi connectivity index (χ0) is 14.7. The molecule has 1 aliphatic carbocycles. The van der Waals surface area contributed by atoms with Crippen LogP contribution in [0.25, 0.3) is 0 Å². The normalized spacial score (nSPS) is 23.9. The first-order chi connectivity index (χ1) is 10.3. The van der Waals surface area contributed by atoms with Crippen molar-refractivity contribution in [2.75, 3.05) is 37.6 Å². The smallest absolute Gasteiger partial charge is 0.226 e. The maximum atomic E-state index is 12.6. The Kier molecular flexibility index (Phi) is 8.02. The number of rotatable bonds is 3. The van der Waals surface area contributed by atoms with E-state index in [2.05, 4.69) is 14.9 Å². The first kappa shape index (κ1) is 19.9. The van der Waals surface area contributed by atoms with E-state index in [0.29, 0.717) is 18.4 Å². The molecule has 6 nitrogen and oxygen atoms in total. The summed E-state index contributed by atoms with van der Waals surface area (Å²) in [7, 11) is 0. The number of hydrogen-bond donors (Lipinski definition) is 1. The van der Waals surface area contributed by atoms with Crippen LogP contribution in [0, 0.1) is 11.8 Å². The fraction of sp³-hybridized carbons (Fsp3) is 0.667. The molecular weight excluding hydrogens is 337 g/mol. The molecule has 1 aliphatic heterocycles. The van der Waals surface area contributed by atoms with E-state index in [0.717, 1.165) is 51.4 Å². The lowest BCUT2D eigenvalue weighted by Gasteiger charge is -2.36. The van der Waals surface area contributed by atoms with Gasteiger partial charge in [-0.1, -0.05) is 6.42 Å². The van der Waals surface area contributed by atoms with Crippen LogP contribution in [0.4, 0.5) is 5.95 Å². The molecule has 3 rings (SSSR count). The summed E-state index contributed by atoms with van der Waals surface area (Å²) in [6, 6.07) is 1.82. The van der Waals surface area contributed by atoms with Crippen LogP contribution in [0.2, 0.25) is 0 Å². The molecule has 2 atom stereocenters. The summed E-state index contributed by atoms with van der Waals surface area (Å²) in [5.41, 5.74) is 5.79. The average molecular weight is 362 g/mol. The molecule has 1 saturated carbocycles. The summed E-state index contributed by atoms with van der Waals surface area (Å²) in [6.07, 6.45) is 6.75. The van der Waals surface area contributed by atoms with Crippen LogP contribution in [0.5, 0.6) is 0 Å². The highest BCUT2D eigenvalue weighted by Crippen LogP contribution is 2.32. The minimum atomic E-state index is 0. The summed E-state index contributed by atoms with van der Waals surface area (Å²) < 4.78 is 0. The Bertz CT molecular complexity index is 482. The summed E-state index contributed by atoms with van der Waals surface area (Å²) in [5, 5.41) is 0. The molecule has 8 heteroatoms. The number of nitrogens with two attached hydrogens (primary N) is 1. The van der Waals surface area contributed by atoms with Crippen molar-refractivity contribution in [3.8, 4) is 0 Å². The monoisotopic (exact) mass is 361 g/mol. The molecule has 2 aliphatic rings. The van der Waals surface area contributed by atoms with Crippen molar-refractivity contribution in [3.05, 3.63) is 18.5 Å². The van der Waals surface area contributed by atoms with Crippen molar-refractivity contribution >= 4 is 36.7 Å². The van der Waals surface area contributed by atoms with Crippen LogP contribution in [0.15, 0.2) is 18.5 Å². The molecule has 0 aromatic carbocycles. The van der Waals surface area contributed by atoms with Gasteiger partial charge in [-0.3, -0.25) is 4.79 Å². The van der Waals surface area contributed by atoms with Crippen molar-refractivity contribution in [2.45, 2.75) is 19.3 Å². The van der Waals surface area contributed by atoms with E-state index in [9.17, 15) is 4.79 Å². The third kappa shape index (κ3) is 4.46. The van der Waals surface area contributed by atoms with Gasteiger partial charge in [0.25, 0.3) is 0 Å². The number of nitrogens with zero attached hydrogens (tertiary/aromatic N) is 4. The summed E-state index contributed by atoms with van der Waals surface area (Å²) in [6.45, 7) is 3.75. The Hall–Kier alpha value is -1.11. The Labute approximate surface area is 149 Å². The molecule has 1 aromatic rings. The van der Waals surface area contributed by atoms with Gasteiger partial charge in [-0.2, -0.15) is 0 Å². The van der Waals surface area contributed by atoms with Crippen LogP contribution < -0.4 is 10.6 Å². The van der Waals surface area contributed by atoms with Crippen molar-refractivity contribution in [2.24, 2.45) is 17.6 Å². The molecular formula is C15H25Cl2N5O. The fourth-order valence-electron chi connectivity index (χ4n) is 3.46. The third-order valence-corrected chi connectivity index (χ3v) is 4.71. The van der Waals surface area contributed by atoms with Gasteiger partial charge in [-0.15, -0.1) is 24.8 Å². The van der Waals surface area contributed by atoms with Gasteiger partial charge in [0, 0.05) is 44.5 Å². The highest BCUT2D eigenvalue weighted by Gasteiger charge is 2.35. The van der Waals surface area contributed by atoms with Gasteiger partial charge in [0.05, 0.1) is 0 Å². The van der Waals surface area contributed by atoms with Crippen LogP contribution in [0.1, 0.15) is 19.3 Å². The van der Waals surface area contributed by atoms with Crippen molar-refractivity contribution in [1.82, 2.24) is 14.9 Å². The van der Waals surface area contributed by atoms with Crippen LogP contribution >= 0.6 is 24.8 Å². The van der Waals surface area contributed by atoms with Gasteiger partial charge in [0.2, 0.25) is 11.9 Å². The lowest BCUT2D eigenvalue weighted by Crippen LogP contribution is -2.51. The quantitative estimate of drug-likeness (QED) is 0.878. The summed E-state index contributed by atoms with van der Waals surface area (Å²) >= 11 is 0. The zero-order valence-corrected chi connectivity index (χ0v) is 14.8. The topological polar surface area (TPSA) is 75.4 Å². The highest BCUT2D eigenvalue weighted by molar-refractivity contribution is 5.85. The van der Waals surface area contributed by atoms with Crippen molar-refractivity contribution < 1.29 is 4.79 Å². The average Bonchev–Trinajstić information content (AvgIpc) is 3.04. The summed E-state index contributed by atoms with van der Waals surface area (Å²) in [4.78, 5) is 25.3. The van der Waals surface area contributed by atoms with Gasteiger partial charge in [0.15, 0.2) is 0 Å². The number of hydrogen-bond acceptors (Lipinski definition) is 5. The first-order valence-corrected chi connectivity index (χ1v) is 7.80. The molecule has 0 spiro atoms. The maximum Gasteiger partial charge on any atom is 0.226 e. The molecule has 2 N–H and O–H groups in total. The molecule has 2 heterocycles. The number of piperazine rings is 1. The van der Waals surface area contributed by atoms with Gasteiger partial charge < -0.3 is 15.5 Å². The molecule has 1 amide bonds. The van der Waals surface area contributed by atoms with Crippen LogP contribution in [0.3, 0.4) is 0 Å². The molecule has 1 saturated heterocycles. The largest absolute Gasteiger partial charge is 0.339 e. The standard InChI is InChI=1S/C15H23N5O.2ClH/c16-11-12-3-1-4-13(12)14(21)19-7-9-20(10-8-19)15-17-5-2-6-18-15;;/h2,5-6,12-13H,1,3-4,7-11,16H2;2*1H/t12-,13-;;/m1../s1. The van der Waals surface area contributed by atoms with Crippen molar-refractivity contribution in [1.29, 1.82) is 0 Å². The lowest BCUT2D eigenvalue weighted by atomic mass is 9.94. The van der Waals surface area contributed by atoms with E-state index < -0.39 is 0 Å². The van der Waals surface area contributed by atoms with E-state index in [4.69, 9.17) is 5.73 Å². The predicted octanol–water partition coefficient (Wildman–Crippen LogP) is 1.34. The van der Waals surface area contributed by atoms with E-state index in [1.807, 2.05) is 11.0 Å². The van der Waals surface area contributed by atoms with Crippen molar-refractivity contribution in [3.63, 3.8) is 0 Å². The third-order valence-electron chi connectivity index (χ3n) is 4.71. The molecule has 2 fully saturated rings. The number of anilines is 1. The second kappa shape index (κ2) is 9.25. The molecule has 0 unspecified atom stereocenters. The number of carbonyl (C=O) groups is 1. The molecule has 23 heavy (non-hydrogen) atoms. The Morgan fingerprint density at radius 3 is 2.39 bits per heavy atom. The Morgan fingerprint density at radius 2 is 1.78 bits per heavy atom. The minimum Gasteiger partial charge on any atom is -0.339 e. The highest BCUT2D eigenvalue weighted by atomic mass is 35.5. The first-order valence-electron chi connectivity index (χ1n) is 7.80.